The van der Waals surface area contributed by atoms with E-state index in [0.717, 1.165) is 10.9 Å². The zero-order valence-electron chi connectivity index (χ0n) is 15.0. The molecule has 2 rings (SSSR count). The molecule has 0 saturated carbocycles. The summed E-state index contributed by atoms with van der Waals surface area (Å²) in [6.45, 7) is 3.91. The first-order valence-corrected chi connectivity index (χ1v) is 9.08. The number of halogens is 1. The Hall–Kier alpha value is -2.46. The number of benzene rings is 1. The van der Waals surface area contributed by atoms with Crippen LogP contribution in [-0.4, -0.2) is 19.7 Å². The molecule has 0 fully saturated rings. The molecule has 0 radical (unpaired) electrons. The molecule has 7 heteroatoms. The van der Waals surface area contributed by atoms with Gasteiger partial charge in [0.2, 0.25) is 5.88 Å². The van der Waals surface area contributed by atoms with Crippen molar-refractivity contribution in [2.45, 2.75) is 32.6 Å². The second-order valence-electron chi connectivity index (χ2n) is 5.62. The maximum atomic E-state index is 12.7. The molecule has 2 N–H and O–H groups in total. The maximum absolute atomic E-state index is 12.7. The van der Waals surface area contributed by atoms with Crippen LogP contribution in [0.4, 0.5) is 0 Å². The second-order valence-corrected chi connectivity index (χ2v) is 6.53. The van der Waals surface area contributed by atoms with E-state index in [1.54, 1.807) is 13.0 Å². The van der Waals surface area contributed by atoms with Crippen LogP contribution in [0.25, 0.3) is 0 Å². The lowest BCUT2D eigenvalue weighted by Crippen LogP contribution is -2.26. The number of rotatable bonds is 6. The molecule has 1 unspecified atom stereocenters. The van der Waals surface area contributed by atoms with Crippen molar-refractivity contribution < 1.29 is 19.0 Å². The molecule has 0 amide bonds. The smallest absolute Gasteiger partial charge is 0.338 e. The zero-order valence-corrected chi connectivity index (χ0v) is 16.6. The molecule has 138 valence electrons. The summed E-state index contributed by atoms with van der Waals surface area (Å²) in [4.78, 5) is 12.7. The van der Waals surface area contributed by atoms with Crippen LogP contribution in [0, 0.1) is 11.3 Å². The van der Waals surface area contributed by atoms with Gasteiger partial charge < -0.3 is 19.9 Å². The normalized spacial score (nSPS) is 16.8. The number of carbonyl (C=O) groups excluding carboxylic acids is 1. The quantitative estimate of drug-likeness (QED) is 0.701. The van der Waals surface area contributed by atoms with Gasteiger partial charge in [0.25, 0.3) is 0 Å². The van der Waals surface area contributed by atoms with E-state index in [1.807, 2.05) is 19.1 Å². The summed E-state index contributed by atoms with van der Waals surface area (Å²) in [5, 5.41) is 9.68. The van der Waals surface area contributed by atoms with Crippen LogP contribution < -0.4 is 10.5 Å². The summed E-state index contributed by atoms with van der Waals surface area (Å²) in [7, 11) is 1.53. The predicted molar refractivity (Wildman–Crippen MR) is 99.9 cm³/mol. The molecule has 1 aliphatic rings. The first-order chi connectivity index (χ1) is 12.5. The molecule has 1 aromatic carbocycles. The fourth-order valence-corrected chi connectivity index (χ4v) is 3.28. The molecule has 6 nitrogen and oxygen atoms in total. The zero-order chi connectivity index (χ0) is 19.3. The summed E-state index contributed by atoms with van der Waals surface area (Å²) >= 11 is 3.43. The molecule has 1 aliphatic heterocycles. The number of ether oxygens (including phenoxy) is 3. The molecule has 0 bridgehead atoms. The third kappa shape index (κ3) is 3.86. The van der Waals surface area contributed by atoms with Gasteiger partial charge in [-0.15, -0.1) is 0 Å². The highest BCUT2D eigenvalue weighted by Gasteiger charge is 2.38. The summed E-state index contributed by atoms with van der Waals surface area (Å²) < 4.78 is 17.1. The van der Waals surface area contributed by atoms with Crippen LogP contribution in [-0.2, 0) is 14.3 Å². The lowest BCUT2D eigenvalue weighted by atomic mass is 9.82. The molecule has 0 aliphatic carbocycles. The van der Waals surface area contributed by atoms with E-state index in [9.17, 15) is 10.1 Å². The van der Waals surface area contributed by atoms with Crippen LogP contribution in [0.15, 0.2) is 45.5 Å². The Morgan fingerprint density at radius 1 is 1.42 bits per heavy atom. The third-order valence-electron chi connectivity index (χ3n) is 3.97. The van der Waals surface area contributed by atoms with Crippen LogP contribution in [0.2, 0.25) is 0 Å². The highest BCUT2D eigenvalue weighted by molar-refractivity contribution is 9.10. The number of hydrogen-bond acceptors (Lipinski definition) is 6. The second kappa shape index (κ2) is 8.77. The van der Waals surface area contributed by atoms with Crippen LogP contribution in [0.3, 0.4) is 0 Å². The van der Waals surface area contributed by atoms with Crippen molar-refractivity contribution in [3.05, 3.63) is 51.0 Å². The van der Waals surface area contributed by atoms with Crippen LogP contribution in [0.5, 0.6) is 5.75 Å². The Kier molecular flexibility index (Phi) is 6.70. The van der Waals surface area contributed by atoms with Crippen molar-refractivity contribution in [1.29, 1.82) is 5.26 Å². The largest absolute Gasteiger partial charge is 0.496 e. The SMILES string of the molecule is CCCC1=C(C(=O)OCC)C(c2cc(Br)ccc2OC)C(C#N)=C(N)O1. The Labute approximate surface area is 161 Å². The van der Waals surface area contributed by atoms with Gasteiger partial charge in [0.05, 0.1) is 25.2 Å². The maximum Gasteiger partial charge on any atom is 0.338 e. The Balaban J connectivity index is 2.76. The van der Waals surface area contributed by atoms with Crippen LogP contribution >= 0.6 is 15.9 Å². The van der Waals surface area contributed by atoms with Crippen molar-refractivity contribution in [1.82, 2.24) is 0 Å². The van der Waals surface area contributed by atoms with Gasteiger partial charge in [-0.3, -0.25) is 0 Å². The average Bonchev–Trinajstić information content (AvgIpc) is 2.61. The Morgan fingerprint density at radius 3 is 2.73 bits per heavy atom. The molecular formula is C19H21BrN2O4. The van der Waals surface area contributed by atoms with E-state index < -0.39 is 11.9 Å². The van der Waals surface area contributed by atoms with E-state index in [2.05, 4.69) is 22.0 Å². The van der Waals surface area contributed by atoms with Gasteiger partial charge in [-0.25, -0.2) is 4.79 Å². The number of allylic oxidation sites excluding steroid dienone is 2. The van der Waals surface area contributed by atoms with Crippen molar-refractivity contribution in [2.24, 2.45) is 5.73 Å². The van der Waals surface area contributed by atoms with Crippen molar-refractivity contribution in [3.8, 4) is 11.8 Å². The third-order valence-corrected chi connectivity index (χ3v) is 4.47. The van der Waals surface area contributed by atoms with Gasteiger partial charge in [0, 0.05) is 16.5 Å². The number of hydrogen-bond donors (Lipinski definition) is 1. The van der Waals surface area contributed by atoms with Crippen molar-refractivity contribution in [2.75, 3.05) is 13.7 Å². The highest BCUT2D eigenvalue weighted by atomic mass is 79.9. The molecule has 0 aromatic heterocycles. The van der Waals surface area contributed by atoms with Gasteiger partial charge >= 0.3 is 5.97 Å². The van der Waals surface area contributed by atoms with Gasteiger partial charge in [0.1, 0.15) is 23.2 Å². The first kappa shape index (κ1) is 19.9. The average molecular weight is 421 g/mol. The number of methoxy groups -OCH3 is 1. The highest BCUT2D eigenvalue weighted by Crippen LogP contribution is 2.44. The van der Waals surface area contributed by atoms with E-state index in [0.29, 0.717) is 23.5 Å². The monoisotopic (exact) mass is 420 g/mol. The minimum Gasteiger partial charge on any atom is -0.496 e. The predicted octanol–water partition coefficient (Wildman–Crippen LogP) is 3.88. The Morgan fingerprint density at radius 2 is 2.15 bits per heavy atom. The van der Waals surface area contributed by atoms with Gasteiger partial charge in [0.15, 0.2) is 0 Å². The molecule has 0 spiro atoms. The number of nitrogens with two attached hydrogens (primary N) is 1. The summed E-state index contributed by atoms with van der Waals surface area (Å²) in [5.41, 5.74) is 7.08. The number of nitriles is 1. The summed E-state index contributed by atoms with van der Waals surface area (Å²) in [6, 6.07) is 7.47. The lowest BCUT2D eigenvalue weighted by molar-refractivity contribution is -0.139. The van der Waals surface area contributed by atoms with Gasteiger partial charge in [-0.1, -0.05) is 22.9 Å². The fourth-order valence-electron chi connectivity index (χ4n) is 2.91. The molecule has 26 heavy (non-hydrogen) atoms. The standard InChI is InChI=1S/C19H21BrN2O4/c1-4-6-15-17(19(23)25-5-2)16(13(10-21)18(22)26-15)12-9-11(20)7-8-14(12)24-3/h7-9,16H,4-6,22H2,1-3H3. The summed E-state index contributed by atoms with van der Waals surface area (Å²) in [6.07, 6.45) is 1.25. The van der Waals surface area contributed by atoms with Crippen LogP contribution in [0.1, 0.15) is 38.2 Å². The number of carbonyl (C=O) groups is 1. The molecular weight excluding hydrogens is 400 g/mol. The van der Waals surface area contributed by atoms with Gasteiger partial charge in [-0.05, 0) is 31.5 Å². The van der Waals surface area contributed by atoms with Gasteiger partial charge in [-0.2, -0.15) is 5.26 Å². The molecule has 0 saturated heterocycles. The first-order valence-electron chi connectivity index (χ1n) is 8.29. The number of esters is 1. The minimum absolute atomic E-state index is 0.00368. The molecule has 1 heterocycles. The number of nitrogens with zero attached hydrogens (tertiary/aromatic N) is 1. The fraction of sp³-hybridized carbons (Fsp3) is 0.368. The lowest BCUT2D eigenvalue weighted by Gasteiger charge is -2.29. The minimum atomic E-state index is -0.721. The molecule has 1 aromatic rings. The van der Waals surface area contributed by atoms with E-state index in [4.69, 9.17) is 19.9 Å². The van der Waals surface area contributed by atoms with E-state index >= 15 is 0 Å². The summed E-state index contributed by atoms with van der Waals surface area (Å²) in [5.74, 6) is -0.283. The molecule has 1 atom stereocenters. The topological polar surface area (TPSA) is 94.6 Å². The van der Waals surface area contributed by atoms with Crippen molar-refractivity contribution >= 4 is 21.9 Å². The van der Waals surface area contributed by atoms with E-state index in [-0.39, 0.29) is 23.6 Å². The van der Waals surface area contributed by atoms with Crippen molar-refractivity contribution in [3.63, 3.8) is 0 Å². The Bertz CT molecular complexity index is 808. The van der Waals surface area contributed by atoms with E-state index in [1.165, 1.54) is 7.11 Å².